The molecule has 20 heavy (non-hydrogen) atoms. The standard InChI is InChI=1S/C15H19NO4/c1-19-14(17)9-13-7-8-16(10-13)15(18)20-11-12-5-3-2-4-6-12/h2-6,13H,7-11H2,1H3. The number of amides is 1. The van der Waals surface area contributed by atoms with E-state index in [1.165, 1.54) is 7.11 Å². The summed E-state index contributed by atoms with van der Waals surface area (Å²) in [4.78, 5) is 24.8. The molecule has 0 aromatic heterocycles. The zero-order valence-corrected chi connectivity index (χ0v) is 11.6. The molecule has 0 radical (unpaired) electrons. The first-order valence-corrected chi connectivity index (χ1v) is 6.71. The number of nitrogens with zero attached hydrogens (tertiary/aromatic N) is 1. The zero-order valence-electron chi connectivity index (χ0n) is 11.6. The predicted octanol–water partition coefficient (Wildman–Crippen LogP) is 2.21. The van der Waals surface area contributed by atoms with Gasteiger partial charge >= 0.3 is 12.1 Å². The third-order valence-electron chi connectivity index (χ3n) is 3.43. The van der Waals surface area contributed by atoms with E-state index < -0.39 is 0 Å². The molecule has 1 aliphatic rings. The van der Waals surface area contributed by atoms with E-state index in [0.717, 1.165) is 12.0 Å². The van der Waals surface area contributed by atoms with E-state index in [2.05, 4.69) is 4.74 Å². The summed E-state index contributed by atoms with van der Waals surface area (Å²) in [5.74, 6) is -0.0544. The second kappa shape index (κ2) is 6.93. The lowest BCUT2D eigenvalue weighted by atomic mass is 10.1. The van der Waals surface area contributed by atoms with Gasteiger partial charge in [-0.15, -0.1) is 0 Å². The number of carbonyl (C=O) groups excluding carboxylic acids is 2. The van der Waals surface area contributed by atoms with Gasteiger partial charge in [-0.1, -0.05) is 30.3 Å². The number of hydrogen-bond acceptors (Lipinski definition) is 4. The lowest BCUT2D eigenvalue weighted by molar-refractivity contribution is -0.141. The molecule has 0 N–H and O–H groups in total. The molecule has 2 rings (SSSR count). The van der Waals surface area contributed by atoms with Gasteiger partial charge in [0.15, 0.2) is 0 Å². The summed E-state index contributed by atoms with van der Waals surface area (Å²) in [6.45, 7) is 1.47. The molecule has 1 heterocycles. The summed E-state index contributed by atoms with van der Waals surface area (Å²) < 4.78 is 9.90. The number of likely N-dealkylation sites (tertiary alicyclic amines) is 1. The third kappa shape index (κ3) is 3.98. The third-order valence-corrected chi connectivity index (χ3v) is 3.43. The Balaban J connectivity index is 1.75. The Morgan fingerprint density at radius 3 is 2.75 bits per heavy atom. The van der Waals surface area contributed by atoms with Gasteiger partial charge in [-0.3, -0.25) is 4.79 Å². The zero-order chi connectivity index (χ0) is 14.4. The summed E-state index contributed by atoms with van der Waals surface area (Å²) in [5.41, 5.74) is 0.964. The highest BCUT2D eigenvalue weighted by Gasteiger charge is 2.28. The highest BCUT2D eigenvalue weighted by Crippen LogP contribution is 2.20. The second-order valence-electron chi connectivity index (χ2n) is 4.92. The first-order valence-electron chi connectivity index (χ1n) is 6.71. The molecule has 1 aromatic rings. The summed E-state index contributed by atoms with van der Waals surface area (Å²) in [5, 5.41) is 0. The van der Waals surface area contributed by atoms with Crippen LogP contribution in [-0.4, -0.2) is 37.2 Å². The molecule has 1 atom stereocenters. The molecular formula is C15H19NO4. The number of ether oxygens (including phenoxy) is 2. The fraction of sp³-hybridized carbons (Fsp3) is 0.467. The Labute approximate surface area is 118 Å². The van der Waals surface area contributed by atoms with Crippen LogP contribution in [0.25, 0.3) is 0 Å². The van der Waals surface area contributed by atoms with Gasteiger partial charge in [-0.2, -0.15) is 0 Å². The number of rotatable bonds is 4. The van der Waals surface area contributed by atoms with Crippen molar-refractivity contribution in [1.29, 1.82) is 0 Å². The Bertz CT molecular complexity index is 460. The minimum absolute atomic E-state index is 0.173. The molecule has 1 aromatic carbocycles. The van der Waals surface area contributed by atoms with E-state index in [-0.39, 0.29) is 24.6 Å². The molecular weight excluding hydrogens is 258 g/mol. The van der Waals surface area contributed by atoms with Crippen LogP contribution >= 0.6 is 0 Å². The van der Waals surface area contributed by atoms with E-state index in [4.69, 9.17) is 4.74 Å². The van der Waals surface area contributed by atoms with Crippen molar-refractivity contribution in [3.8, 4) is 0 Å². The fourth-order valence-electron chi connectivity index (χ4n) is 2.29. The van der Waals surface area contributed by atoms with Crippen LogP contribution in [0.15, 0.2) is 30.3 Å². The van der Waals surface area contributed by atoms with Gasteiger partial charge in [-0.25, -0.2) is 4.79 Å². The summed E-state index contributed by atoms with van der Waals surface area (Å²) in [6, 6.07) is 9.56. The van der Waals surface area contributed by atoms with Gasteiger partial charge < -0.3 is 14.4 Å². The van der Waals surface area contributed by atoms with Crippen molar-refractivity contribution in [2.24, 2.45) is 5.92 Å². The smallest absolute Gasteiger partial charge is 0.410 e. The number of hydrogen-bond donors (Lipinski definition) is 0. The van der Waals surface area contributed by atoms with Crippen molar-refractivity contribution in [3.05, 3.63) is 35.9 Å². The van der Waals surface area contributed by atoms with Crippen LogP contribution < -0.4 is 0 Å². The average Bonchev–Trinajstić information content (AvgIpc) is 2.94. The minimum atomic E-state index is -0.318. The van der Waals surface area contributed by atoms with Crippen molar-refractivity contribution in [3.63, 3.8) is 0 Å². The first kappa shape index (κ1) is 14.4. The van der Waals surface area contributed by atoms with Crippen molar-refractivity contribution in [2.75, 3.05) is 20.2 Å². The quantitative estimate of drug-likeness (QED) is 0.792. The number of benzene rings is 1. The highest BCUT2D eigenvalue weighted by atomic mass is 16.6. The molecule has 1 saturated heterocycles. The molecule has 1 unspecified atom stereocenters. The average molecular weight is 277 g/mol. The SMILES string of the molecule is COC(=O)CC1CCN(C(=O)OCc2ccccc2)C1. The van der Waals surface area contributed by atoms with Crippen molar-refractivity contribution in [1.82, 2.24) is 4.90 Å². The van der Waals surface area contributed by atoms with Gasteiger partial charge in [0.05, 0.1) is 13.5 Å². The molecule has 5 heteroatoms. The Morgan fingerprint density at radius 2 is 2.05 bits per heavy atom. The second-order valence-corrected chi connectivity index (χ2v) is 4.92. The number of carbonyl (C=O) groups is 2. The van der Waals surface area contributed by atoms with Gasteiger partial charge in [0.2, 0.25) is 0 Å². The van der Waals surface area contributed by atoms with Crippen molar-refractivity contribution in [2.45, 2.75) is 19.4 Å². The van der Waals surface area contributed by atoms with E-state index in [1.54, 1.807) is 4.90 Å². The molecule has 0 saturated carbocycles. The van der Waals surface area contributed by atoms with Crippen molar-refractivity contribution >= 4 is 12.1 Å². The Hall–Kier alpha value is -2.04. The largest absolute Gasteiger partial charge is 0.469 e. The van der Waals surface area contributed by atoms with Gasteiger partial charge in [-0.05, 0) is 17.9 Å². The maximum Gasteiger partial charge on any atom is 0.410 e. The minimum Gasteiger partial charge on any atom is -0.469 e. The van der Waals surface area contributed by atoms with E-state index in [9.17, 15) is 9.59 Å². The van der Waals surface area contributed by atoms with Crippen LogP contribution in [0.5, 0.6) is 0 Å². The van der Waals surface area contributed by atoms with E-state index in [0.29, 0.717) is 19.5 Å². The molecule has 5 nitrogen and oxygen atoms in total. The Kier molecular flexibility index (Phi) is 4.98. The van der Waals surface area contributed by atoms with Crippen LogP contribution in [-0.2, 0) is 20.9 Å². The van der Waals surface area contributed by atoms with Crippen LogP contribution in [0.4, 0.5) is 4.79 Å². The van der Waals surface area contributed by atoms with E-state index >= 15 is 0 Å². The van der Waals surface area contributed by atoms with Crippen LogP contribution in [0.2, 0.25) is 0 Å². The van der Waals surface area contributed by atoms with Gasteiger partial charge in [0, 0.05) is 13.1 Å². The molecule has 1 aliphatic heterocycles. The lowest BCUT2D eigenvalue weighted by Gasteiger charge is -2.16. The lowest BCUT2D eigenvalue weighted by Crippen LogP contribution is -2.29. The molecule has 0 spiro atoms. The monoisotopic (exact) mass is 277 g/mol. The summed E-state index contributed by atoms with van der Waals surface area (Å²) in [6.07, 6.45) is 0.857. The number of esters is 1. The highest BCUT2D eigenvalue weighted by molar-refractivity contribution is 5.70. The first-order chi connectivity index (χ1) is 9.69. The van der Waals surface area contributed by atoms with Crippen molar-refractivity contribution < 1.29 is 19.1 Å². The maximum atomic E-state index is 11.9. The van der Waals surface area contributed by atoms with Crippen LogP contribution in [0, 0.1) is 5.92 Å². The Morgan fingerprint density at radius 1 is 1.30 bits per heavy atom. The number of methoxy groups -OCH3 is 1. The molecule has 1 fully saturated rings. The van der Waals surface area contributed by atoms with Gasteiger partial charge in [0.25, 0.3) is 0 Å². The summed E-state index contributed by atoms with van der Waals surface area (Å²) in [7, 11) is 1.38. The predicted molar refractivity (Wildman–Crippen MR) is 72.9 cm³/mol. The molecule has 0 bridgehead atoms. The normalized spacial score (nSPS) is 17.9. The van der Waals surface area contributed by atoms with Crippen LogP contribution in [0.3, 0.4) is 0 Å². The maximum absolute atomic E-state index is 11.9. The summed E-state index contributed by atoms with van der Waals surface area (Å²) >= 11 is 0. The van der Waals surface area contributed by atoms with Crippen LogP contribution in [0.1, 0.15) is 18.4 Å². The van der Waals surface area contributed by atoms with Gasteiger partial charge in [0.1, 0.15) is 6.61 Å². The topological polar surface area (TPSA) is 55.8 Å². The molecule has 1 amide bonds. The fourth-order valence-corrected chi connectivity index (χ4v) is 2.29. The molecule has 108 valence electrons. The van der Waals surface area contributed by atoms with E-state index in [1.807, 2.05) is 30.3 Å². The molecule has 0 aliphatic carbocycles.